The molecule has 0 aliphatic heterocycles. The number of carbonyl (C=O) groups excluding carboxylic acids is 1. The van der Waals surface area contributed by atoms with Gasteiger partial charge in [0, 0.05) is 11.6 Å². The molecule has 0 fully saturated rings. The first kappa shape index (κ1) is 16.3. The highest BCUT2D eigenvalue weighted by atomic mass is 16.5. The number of hydrogen-bond donors (Lipinski definition) is 1. The summed E-state index contributed by atoms with van der Waals surface area (Å²) in [6.45, 7) is 9.07. The van der Waals surface area contributed by atoms with Gasteiger partial charge in [0.05, 0.1) is 13.2 Å². The molecule has 0 aliphatic carbocycles. The van der Waals surface area contributed by atoms with Crippen LogP contribution < -0.4 is 14.8 Å². The van der Waals surface area contributed by atoms with Gasteiger partial charge in [0.15, 0.2) is 11.5 Å². The fraction of sp³-hybridized carbons (Fsp3) is 0.562. The summed E-state index contributed by atoms with van der Waals surface area (Å²) < 4.78 is 11.0. The molecule has 0 saturated heterocycles. The molecule has 1 N–H and O–H groups in total. The average molecular weight is 279 g/mol. The van der Waals surface area contributed by atoms with Crippen molar-refractivity contribution in [1.29, 1.82) is 0 Å². The lowest BCUT2D eigenvalue weighted by Crippen LogP contribution is -2.33. The summed E-state index contributed by atoms with van der Waals surface area (Å²) in [5.41, 5.74) is 0.601. The molecule has 1 aromatic carbocycles. The zero-order chi connectivity index (χ0) is 15.0. The normalized spacial score (nSPS) is 10.4. The minimum atomic E-state index is -0.0669. The average Bonchev–Trinajstić information content (AvgIpc) is 2.46. The second-order valence-corrected chi connectivity index (χ2v) is 4.51. The fourth-order valence-corrected chi connectivity index (χ4v) is 1.95. The third kappa shape index (κ3) is 4.44. The van der Waals surface area contributed by atoms with Crippen LogP contribution in [0.3, 0.4) is 0 Å². The van der Waals surface area contributed by atoms with E-state index in [0.29, 0.717) is 30.3 Å². The molecule has 112 valence electrons. The first-order valence-corrected chi connectivity index (χ1v) is 7.36. The number of amides is 1. The monoisotopic (exact) mass is 279 g/mol. The van der Waals surface area contributed by atoms with E-state index in [4.69, 9.17) is 9.47 Å². The predicted octanol–water partition coefficient (Wildman–Crippen LogP) is 3.40. The quantitative estimate of drug-likeness (QED) is 0.793. The second kappa shape index (κ2) is 8.46. The maximum Gasteiger partial charge on any atom is 0.251 e. The van der Waals surface area contributed by atoms with E-state index in [-0.39, 0.29) is 11.9 Å². The topological polar surface area (TPSA) is 47.6 Å². The highest BCUT2D eigenvalue weighted by molar-refractivity contribution is 5.95. The molecule has 4 nitrogen and oxygen atoms in total. The zero-order valence-electron chi connectivity index (χ0n) is 12.9. The Morgan fingerprint density at radius 1 is 1.05 bits per heavy atom. The van der Waals surface area contributed by atoms with Crippen LogP contribution in [0.25, 0.3) is 0 Å². The van der Waals surface area contributed by atoms with Gasteiger partial charge in [-0.3, -0.25) is 4.79 Å². The Hall–Kier alpha value is -1.71. The van der Waals surface area contributed by atoms with Gasteiger partial charge in [0.1, 0.15) is 0 Å². The summed E-state index contributed by atoms with van der Waals surface area (Å²) in [4.78, 5) is 12.2. The van der Waals surface area contributed by atoms with Gasteiger partial charge >= 0.3 is 0 Å². The molecule has 0 spiro atoms. The molecule has 0 unspecified atom stereocenters. The minimum Gasteiger partial charge on any atom is -0.490 e. The lowest BCUT2D eigenvalue weighted by atomic mass is 10.1. The smallest absolute Gasteiger partial charge is 0.251 e. The molecule has 1 amide bonds. The van der Waals surface area contributed by atoms with Crippen molar-refractivity contribution in [2.45, 2.75) is 46.6 Å². The SMILES string of the molecule is CCOc1ccc(C(=O)NC(CC)CC)cc1OCC. The maximum absolute atomic E-state index is 12.2. The van der Waals surface area contributed by atoms with Crippen LogP contribution in [0.4, 0.5) is 0 Å². The number of benzene rings is 1. The van der Waals surface area contributed by atoms with Gasteiger partial charge in [-0.05, 0) is 44.9 Å². The third-order valence-corrected chi connectivity index (χ3v) is 3.13. The van der Waals surface area contributed by atoms with Gasteiger partial charge in [-0.1, -0.05) is 13.8 Å². The van der Waals surface area contributed by atoms with Crippen molar-refractivity contribution in [3.63, 3.8) is 0 Å². The van der Waals surface area contributed by atoms with Gasteiger partial charge < -0.3 is 14.8 Å². The fourth-order valence-electron chi connectivity index (χ4n) is 1.95. The molecular weight excluding hydrogens is 254 g/mol. The predicted molar refractivity (Wildman–Crippen MR) is 80.6 cm³/mol. The molecule has 0 bridgehead atoms. The van der Waals surface area contributed by atoms with E-state index in [1.165, 1.54) is 0 Å². The molecule has 0 aromatic heterocycles. The number of nitrogens with one attached hydrogen (secondary N) is 1. The van der Waals surface area contributed by atoms with Crippen LogP contribution in [-0.4, -0.2) is 25.2 Å². The van der Waals surface area contributed by atoms with E-state index in [1.54, 1.807) is 18.2 Å². The Kier molecular flexibility index (Phi) is 6.91. The minimum absolute atomic E-state index is 0.0669. The summed E-state index contributed by atoms with van der Waals surface area (Å²) in [6.07, 6.45) is 1.86. The van der Waals surface area contributed by atoms with Gasteiger partial charge in [0.25, 0.3) is 5.91 Å². The van der Waals surface area contributed by atoms with Crippen molar-refractivity contribution in [1.82, 2.24) is 5.32 Å². The van der Waals surface area contributed by atoms with Crippen LogP contribution in [-0.2, 0) is 0 Å². The summed E-state index contributed by atoms with van der Waals surface area (Å²) in [5, 5.41) is 3.02. The highest BCUT2D eigenvalue weighted by Gasteiger charge is 2.13. The van der Waals surface area contributed by atoms with Crippen LogP contribution in [0, 0.1) is 0 Å². The maximum atomic E-state index is 12.2. The van der Waals surface area contributed by atoms with Crippen LogP contribution in [0.15, 0.2) is 18.2 Å². The first-order chi connectivity index (χ1) is 9.65. The number of rotatable bonds is 8. The van der Waals surface area contributed by atoms with Gasteiger partial charge in [0.2, 0.25) is 0 Å². The molecule has 0 radical (unpaired) electrons. The van der Waals surface area contributed by atoms with Crippen molar-refractivity contribution in [3.8, 4) is 11.5 Å². The van der Waals surface area contributed by atoms with Crippen LogP contribution in [0.1, 0.15) is 50.9 Å². The van der Waals surface area contributed by atoms with Crippen molar-refractivity contribution < 1.29 is 14.3 Å². The summed E-state index contributed by atoms with van der Waals surface area (Å²) in [6, 6.07) is 5.51. The molecule has 0 aliphatic rings. The van der Waals surface area contributed by atoms with Crippen molar-refractivity contribution in [2.24, 2.45) is 0 Å². The van der Waals surface area contributed by atoms with Crippen molar-refractivity contribution >= 4 is 5.91 Å². The van der Waals surface area contributed by atoms with E-state index in [9.17, 15) is 4.79 Å². The highest BCUT2D eigenvalue weighted by Crippen LogP contribution is 2.28. The van der Waals surface area contributed by atoms with Crippen LogP contribution >= 0.6 is 0 Å². The molecule has 0 saturated carbocycles. The Morgan fingerprint density at radius 2 is 1.65 bits per heavy atom. The van der Waals surface area contributed by atoms with E-state index in [0.717, 1.165) is 12.8 Å². The lowest BCUT2D eigenvalue weighted by molar-refractivity contribution is 0.0934. The van der Waals surface area contributed by atoms with Crippen LogP contribution in [0.2, 0.25) is 0 Å². The Labute approximate surface area is 121 Å². The van der Waals surface area contributed by atoms with E-state index < -0.39 is 0 Å². The third-order valence-electron chi connectivity index (χ3n) is 3.13. The number of carbonyl (C=O) groups is 1. The Balaban J connectivity index is 2.89. The van der Waals surface area contributed by atoms with E-state index in [1.807, 2.05) is 13.8 Å². The molecule has 0 atom stereocenters. The number of hydrogen-bond acceptors (Lipinski definition) is 3. The molecule has 20 heavy (non-hydrogen) atoms. The molecule has 4 heteroatoms. The lowest BCUT2D eigenvalue weighted by Gasteiger charge is -2.16. The summed E-state index contributed by atoms with van der Waals surface area (Å²) in [7, 11) is 0. The largest absolute Gasteiger partial charge is 0.490 e. The van der Waals surface area contributed by atoms with E-state index >= 15 is 0 Å². The molecule has 1 aromatic rings. The summed E-state index contributed by atoms with van der Waals surface area (Å²) >= 11 is 0. The summed E-state index contributed by atoms with van der Waals surface area (Å²) in [5.74, 6) is 1.22. The first-order valence-electron chi connectivity index (χ1n) is 7.36. The van der Waals surface area contributed by atoms with Crippen LogP contribution in [0.5, 0.6) is 11.5 Å². The Morgan fingerprint density at radius 3 is 2.20 bits per heavy atom. The second-order valence-electron chi connectivity index (χ2n) is 4.51. The standard InChI is InChI=1S/C16H25NO3/c1-5-13(6-2)17-16(18)12-9-10-14(19-7-3)15(11-12)20-8-4/h9-11,13H,5-8H2,1-4H3,(H,17,18). The van der Waals surface area contributed by atoms with Crippen molar-refractivity contribution in [3.05, 3.63) is 23.8 Å². The van der Waals surface area contributed by atoms with Crippen molar-refractivity contribution in [2.75, 3.05) is 13.2 Å². The van der Waals surface area contributed by atoms with Gasteiger partial charge in [-0.2, -0.15) is 0 Å². The molecular formula is C16H25NO3. The molecule has 1 rings (SSSR count). The number of ether oxygens (including phenoxy) is 2. The molecule has 0 heterocycles. The van der Waals surface area contributed by atoms with Gasteiger partial charge in [-0.15, -0.1) is 0 Å². The Bertz CT molecular complexity index is 428. The zero-order valence-corrected chi connectivity index (χ0v) is 12.9. The van der Waals surface area contributed by atoms with E-state index in [2.05, 4.69) is 19.2 Å². The van der Waals surface area contributed by atoms with Gasteiger partial charge in [-0.25, -0.2) is 0 Å².